The van der Waals surface area contributed by atoms with Gasteiger partial charge in [0, 0.05) is 24.2 Å². The van der Waals surface area contributed by atoms with Gasteiger partial charge in [0.1, 0.15) is 5.69 Å². The Morgan fingerprint density at radius 2 is 1.83 bits per heavy atom. The van der Waals surface area contributed by atoms with Crippen LogP contribution < -0.4 is 5.32 Å². The maximum atomic E-state index is 13.4. The molecule has 2 aromatic heterocycles. The number of para-hydroxylation sites is 1. The van der Waals surface area contributed by atoms with Gasteiger partial charge in [-0.3, -0.25) is 9.78 Å². The van der Waals surface area contributed by atoms with E-state index >= 15 is 0 Å². The summed E-state index contributed by atoms with van der Waals surface area (Å²) in [5, 5.41) is 7.98. The molecule has 0 saturated heterocycles. The number of carbonyl (C=O) groups excluding carboxylic acids is 1. The van der Waals surface area contributed by atoms with Gasteiger partial charge in [0.05, 0.1) is 17.3 Å². The van der Waals surface area contributed by atoms with Crippen LogP contribution in [0, 0.1) is 0 Å². The summed E-state index contributed by atoms with van der Waals surface area (Å²) < 4.78 is 1.76. The van der Waals surface area contributed by atoms with Crippen LogP contribution in [0.4, 0.5) is 0 Å². The molecule has 0 bridgehead atoms. The van der Waals surface area contributed by atoms with Crippen molar-refractivity contribution < 1.29 is 4.79 Å². The molecule has 0 spiro atoms. The molecule has 148 valence electrons. The van der Waals surface area contributed by atoms with Gasteiger partial charge in [-0.25, -0.2) is 4.68 Å². The number of rotatable bonds is 4. The van der Waals surface area contributed by atoms with E-state index in [1.165, 1.54) is 11.1 Å². The number of aryl methyl sites for hydroxylation is 1. The van der Waals surface area contributed by atoms with Crippen LogP contribution in [0.1, 0.15) is 40.4 Å². The second kappa shape index (κ2) is 7.95. The van der Waals surface area contributed by atoms with Gasteiger partial charge in [0.15, 0.2) is 0 Å². The third-order valence-corrected chi connectivity index (χ3v) is 5.59. The predicted molar refractivity (Wildman–Crippen MR) is 116 cm³/mol. The van der Waals surface area contributed by atoms with Crippen molar-refractivity contribution in [1.29, 1.82) is 0 Å². The van der Waals surface area contributed by atoms with Gasteiger partial charge in [-0.1, -0.05) is 42.5 Å². The lowest BCUT2D eigenvalue weighted by Crippen LogP contribution is -2.31. The normalized spacial score (nSPS) is 15.4. The summed E-state index contributed by atoms with van der Waals surface area (Å²) in [4.78, 5) is 17.6. The molecule has 30 heavy (non-hydrogen) atoms. The average Bonchev–Trinajstić information content (AvgIpc) is 3.26. The molecule has 1 amide bonds. The van der Waals surface area contributed by atoms with E-state index in [0.29, 0.717) is 11.3 Å². The average molecular weight is 394 g/mol. The lowest BCUT2D eigenvalue weighted by atomic mass is 9.87. The fraction of sp³-hybridized carbons (Fsp3) is 0.160. The highest BCUT2D eigenvalue weighted by atomic mass is 16.1. The third kappa shape index (κ3) is 3.50. The largest absolute Gasteiger partial charge is 0.345 e. The third-order valence-electron chi connectivity index (χ3n) is 5.59. The van der Waals surface area contributed by atoms with Crippen LogP contribution in [0.3, 0.4) is 0 Å². The molecule has 0 saturated carbocycles. The first-order valence-electron chi connectivity index (χ1n) is 10.2. The predicted octanol–water partition coefficient (Wildman–Crippen LogP) is 4.74. The number of carbonyl (C=O) groups is 1. The van der Waals surface area contributed by atoms with Gasteiger partial charge in [-0.2, -0.15) is 5.10 Å². The summed E-state index contributed by atoms with van der Waals surface area (Å²) in [7, 11) is 0. The molecule has 2 heterocycles. The molecule has 1 N–H and O–H groups in total. The van der Waals surface area contributed by atoms with E-state index in [4.69, 9.17) is 5.10 Å². The zero-order valence-corrected chi connectivity index (χ0v) is 16.5. The Hall–Kier alpha value is -3.73. The zero-order chi connectivity index (χ0) is 20.3. The topological polar surface area (TPSA) is 59.8 Å². The molecular weight excluding hydrogens is 372 g/mol. The SMILES string of the molecule is O=C(N[C@H]1CCCc2ccccc21)c1cn(-c2ccccc2)nc1-c1cccnc1. The Labute approximate surface area is 175 Å². The number of nitrogens with zero attached hydrogens (tertiary/aromatic N) is 3. The van der Waals surface area contributed by atoms with Crippen molar-refractivity contribution in [3.63, 3.8) is 0 Å². The Balaban J connectivity index is 1.52. The number of hydrogen-bond acceptors (Lipinski definition) is 3. The Bertz CT molecular complexity index is 1170. The van der Waals surface area contributed by atoms with E-state index in [-0.39, 0.29) is 11.9 Å². The number of pyridine rings is 1. The number of benzene rings is 2. The molecule has 1 aliphatic carbocycles. The standard InChI is InChI=1S/C25H22N4O/c30-25(27-23-14-6-9-18-8-4-5-13-21(18)23)22-17-29(20-11-2-1-3-12-20)28-24(22)19-10-7-15-26-16-19/h1-5,7-8,10-13,15-17,23H,6,9,14H2,(H,27,30)/t23-/m0/s1. The first-order chi connectivity index (χ1) is 14.8. The molecule has 5 heteroatoms. The van der Waals surface area contributed by atoms with Crippen molar-refractivity contribution in [2.45, 2.75) is 25.3 Å². The molecule has 1 aliphatic rings. The fourth-order valence-corrected chi connectivity index (χ4v) is 4.11. The number of hydrogen-bond donors (Lipinski definition) is 1. The molecule has 2 aromatic carbocycles. The van der Waals surface area contributed by atoms with Crippen molar-refractivity contribution in [3.05, 3.63) is 102 Å². The quantitative estimate of drug-likeness (QED) is 0.544. The van der Waals surface area contributed by atoms with Gasteiger partial charge in [-0.05, 0) is 54.7 Å². The van der Waals surface area contributed by atoms with Crippen molar-refractivity contribution >= 4 is 5.91 Å². The first-order valence-corrected chi connectivity index (χ1v) is 10.2. The molecule has 0 aliphatic heterocycles. The molecule has 5 nitrogen and oxygen atoms in total. The molecule has 0 fully saturated rings. The van der Waals surface area contributed by atoms with Gasteiger partial charge >= 0.3 is 0 Å². The van der Waals surface area contributed by atoms with Gasteiger partial charge < -0.3 is 5.32 Å². The highest BCUT2D eigenvalue weighted by molar-refractivity contribution is 6.00. The van der Waals surface area contributed by atoms with Crippen LogP contribution in [0.5, 0.6) is 0 Å². The van der Waals surface area contributed by atoms with E-state index in [1.807, 2.05) is 54.7 Å². The van der Waals surface area contributed by atoms with Gasteiger partial charge in [0.2, 0.25) is 0 Å². The van der Waals surface area contributed by atoms with Crippen LogP contribution in [0.2, 0.25) is 0 Å². The monoisotopic (exact) mass is 394 g/mol. The van der Waals surface area contributed by atoms with Crippen molar-refractivity contribution in [3.8, 4) is 16.9 Å². The molecule has 5 rings (SSSR count). The van der Waals surface area contributed by atoms with Crippen molar-refractivity contribution in [1.82, 2.24) is 20.1 Å². The molecular formula is C25H22N4O. The maximum Gasteiger partial charge on any atom is 0.255 e. The highest BCUT2D eigenvalue weighted by Crippen LogP contribution is 2.30. The van der Waals surface area contributed by atoms with E-state index in [0.717, 1.165) is 30.5 Å². The lowest BCUT2D eigenvalue weighted by Gasteiger charge is -2.26. The number of fused-ring (bicyclic) bond motifs is 1. The van der Waals surface area contributed by atoms with Crippen LogP contribution in [-0.4, -0.2) is 20.7 Å². The summed E-state index contributed by atoms with van der Waals surface area (Å²) in [6.45, 7) is 0. The van der Waals surface area contributed by atoms with Gasteiger partial charge in [0.25, 0.3) is 5.91 Å². The zero-order valence-electron chi connectivity index (χ0n) is 16.5. The Kier molecular flexibility index (Phi) is 4.85. The summed E-state index contributed by atoms with van der Waals surface area (Å²) in [5.74, 6) is -0.113. The van der Waals surface area contributed by atoms with E-state index in [2.05, 4.69) is 28.5 Å². The van der Waals surface area contributed by atoms with Crippen LogP contribution in [0.15, 0.2) is 85.3 Å². The number of aromatic nitrogens is 3. The summed E-state index contributed by atoms with van der Waals surface area (Å²) in [6.07, 6.45) is 8.34. The minimum absolute atomic E-state index is 0.0178. The van der Waals surface area contributed by atoms with E-state index in [1.54, 1.807) is 17.1 Å². The van der Waals surface area contributed by atoms with Crippen molar-refractivity contribution in [2.24, 2.45) is 0 Å². The molecule has 0 unspecified atom stereocenters. The second-order valence-electron chi connectivity index (χ2n) is 7.53. The summed E-state index contributed by atoms with van der Waals surface area (Å²) >= 11 is 0. The summed E-state index contributed by atoms with van der Waals surface area (Å²) in [6, 6.07) is 22.0. The molecule has 4 aromatic rings. The van der Waals surface area contributed by atoms with Crippen LogP contribution >= 0.6 is 0 Å². The minimum atomic E-state index is -0.113. The first kappa shape index (κ1) is 18.3. The van der Waals surface area contributed by atoms with Gasteiger partial charge in [-0.15, -0.1) is 0 Å². The van der Waals surface area contributed by atoms with Crippen molar-refractivity contribution in [2.75, 3.05) is 0 Å². The van der Waals surface area contributed by atoms with E-state index in [9.17, 15) is 4.79 Å². The fourth-order valence-electron chi connectivity index (χ4n) is 4.11. The van der Waals surface area contributed by atoms with E-state index < -0.39 is 0 Å². The summed E-state index contributed by atoms with van der Waals surface area (Å²) in [5.41, 5.74) is 5.45. The second-order valence-corrected chi connectivity index (χ2v) is 7.53. The Morgan fingerprint density at radius 1 is 1.00 bits per heavy atom. The lowest BCUT2D eigenvalue weighted by molar-refractivity contribution is 0.0933. The minimum Gasteiger partial charge on any atom is -0.345 e. The van der Waals surface area contributed by atoms with Crippen LogP contribution in [0.25, 0.3) is 16.9 Å². The molecule has 0 radical (unpaired) electrons. The number of nitrogens with one attached hydrogen (secondary N) is 1. The Morgan fingerprint density at radius 3 is 2.67 bits per heavy atom. The maximum absolute atomic E-state index is 13.4. The highest BCUT2D eigenvalue weighted by Gasteiger charge is 2.25. The smallest absolute Gasteiger partial charge is 0.255 e. The molecule has 1 atom stereocenters. The number of amides is 1. The van der Waals surface area contributed by atoms with Crippen LogP contribution in [-0.2, 0) is 6.42 Å².